The fraction of sp³-hybridized carbons (Fsp3) is 0.500. The van der Waals surface area contributed by atoms with Gasteiger partial charge < -0.3 is 19.1 Å². The van der Waals surface area contributed by atoms with Gasteiger partial charge in [-0.25, -0.2) is 0 Å². The Morgan fingerprint density at radius 3 is 2.62 bits per heavy atom. The molecule has 0 bridgehead atoms. The lowest BCUT2D eigenvalue weighted by Gasteiger charge is -2.38. The number of aromatic nitrogens is 1. The number of methoxy groups -OCH3 is 1. The van der Waals surface area contributed by atoms with Crippen molar-refractivity contribution in [2.75, 3.05) is 26.7 Å². The molecule has 2 fully saturated rings. The molecule has 1 unspecified atom stereocenters. The first-order valence-electron chi connectivity index (χ1n) is 10.4. The number of piperidine rings is 2. The number of para-hydroxylation sites is 1. The van der Waals surface area contributed by atoms with Gasteiger partial charge in [0, 0.05) is 25.7 Å². The van der Waals surface area contributed by atoms with Crippen LogP contribution in [-0.2, 0) is 4.79 Å². The van der Waals surface area contributed by atoms with Gasteiger partial charge in [-0.05, 0) is 50.7 Å². The van der Waals surface area contributed by atoms with Crippen molar-refractivity contribution in [2.24, 2.45) is 0 Å². The summed E-state index contributed by atoms with van der Waals surface area (Å²) in [6.07, 6.45) is 5.81. The highest BCUT2D eigenvalue weighted by atomic mass is 16.5. The maximum atomic E-state index is 13.2. The van der Waals surface area contributed by atoms with Crippen LogP contribution in [-0.4, -0.2) is 59.6 Å². The number of hydrogen-bond donors (Lipinski definition) is 0. The summed E-state index contributed by atoms with van der Waals surface area (Å²) >= 11 is 0. The molecule has 0 N–H and O–H groups in total. The van der Waals surface area contributed by atoms with E-state index in [9.17, 15) is 9.59 Å². The van der Waals surface area contributed by atoms with E-state index in [0.717, 1.165) is 44.3 Å². The summed E-state index contributed by atoms with van der Waals surface area (Å²) in [6.45, 7) is 2.15. The van der Waals surface area contributed by atoms with E-state index < -0.39 is 6.04 Å². The first kappa shape index (κ1) is 19.5. The lowest BCUT2D eigenvalue weighted by molar-refractivity contribution is -0.138. The number of carbonyl (C=O) groups excluding carboxylic acids is 2. The summed E-state index contributed by atoms with van der Waals surface area (Å²) in [4.78, 5) is 29.9. The van der Waals surface area contributed by atoms with Gasteiger partial charge >= 0.3 is 0 Å². The summed E-state index contributed by atoms with van der Waals surface area (Å²) < 4.78 is 10.8. The Labute approximate surface area is 170 Å². The monoisotopic (exact) mass is 397 g/mol. The van der Waals surface area contributed by atoms with Crippen molar-refractivity contribution in [3.05, 3.63) is 36.0 Å². The van der Waals surface area contributed by atoms with Gasteiger partial charge in [0.05, 0.1) is 12.7 Å². The molecule has 29 heavy (non-hydrogen) atoms. The van der Waals surface area contributed by atoms with Crippen molar-refractivity contribution in [3.8, 4) is 17.1 Å². The molecule has 7 nitrogen and oxygen atoms in total. The number of hydrogen-bond acceptors (Lipinski definition) is 5. The Morgan fingerprint density at radius 1 is 1.07 bits per heavy atom. The van der Waals surface area contributed by atoms with Gasteiger partial charge in [0.2, 0.25) is 5.91 Å². The van der Waals surface area contributed by atoms with Gasteiger partial charge in [0.25, 0.3) is 5.91 Å². The molecule has 4 rings (SSSR count). The van der Waals surface area contributed by atoms with E-state index in [0.29, 0.717) is 24.5 Å². The van der Waals surface area contributed by atoms with Crippen molar-refractivity contribution in [1.29, 1.82) is 0 Å². The van der Waals surface area contributed by atoms with Gasteiger partial charge in [-0.3, -0.25) is 9.59 Å². The number of amides is 2. The number of rotatable bonds is 4. The molecule has 7 heteroatoms. The van der Waals surface area contributed by atoms with Crippen molar-refractivity contribution in [2.45, 2.75) is 44.6 Å². The second kappa shape index (κ2) is 8.68. The summed E-state index contributed by atoms with van der Waals surface area (Å²) in [5.74, 6) is 0.955. The third-order valence-corrected chi connectivity index (χ3v) is 5.82. The first-order chi connectivity index (χ1) is 14.2. The van der Waals surface area contributed by atoms with Crippen LogP contribution in [0.4, 0.5) is 0 Å². The van der Waals surface area contributed by atoms with Gasteiger partial charge in [-0.15, -0.1) is 0 Å². The zero-order valence-electron chi connectivity index (χ0n) is 16.8. The highest BCUT2D eigenvalue weighted by Crippen LogP contribution is 2.31. The minimum Gasteiger partial charge on any atom is -0.496 e. The van der Waals surface area contributed by atoms with Gasteiger partial charge in [-0.2, -0.15) is 0 Å². The number of benzene rings is 1. The van der Waals surface area contributed by atoms with Gasteiger partial charge in [-0.1, -0.05) is 17.3 Å². The summed E-state index contributed by atoms with van der Waals surface area (Å²) in [6, 6.07) is 8.67. The lowest BCUT2D eigenvalue weighted by Crippen LogP contribution is -2.54. The molecule has 3 heterocycles. The average molecular weight is 397 g/mol. The molecular formula is C22H27N3O4. The standard InChI is InChI=1S/C22H27N3O4/c1-28-19-11-4-3-9-16(19)20-15-17(23-29-20)21(26)25-14-8-5-10-18(25)22(27)24-12-6-2-7-13-24/h3-4,9,11,15,18H,2,5-8,10,12-14H2,1H3. The topological polar surface area (TPSA) is 75.9 Å². The molecule has 2 aliphatic rings. The van der Waals surface area contributed by atoms with E-state index in [1.54, 1.807) is 18.1 Å². The second-order valence-electron chi connectivity index (χ2n) is 7.67. The van der Waals surface area contributed by atoms with Crippen molar-refractivity contribution in [3.63, 3.8) is 0 Å². The molecule has 2 aromatic rings. The third kappa shape index (κ3) is 3.99. The third-order valence-electron chi connectivity index (χ3n) is 5.82. The first-order valence-corrected chi connectivity index (χ1v) is 10.4. The number of likely N-dealkylation sites (tertiary alicyclic amines) is 2. The molecule has 1 aromatic heterocycles. The quantitative estimate of drug-likeness (QED) is 0.791. The molecule has 2 aliphatic heterocycles. The molecule has 0 saturated carbocycles. The van der Waals surface area contributed by atoms with Crippen molar-refractivity contribution < 1.29 is 18.8 Å². The van der Waals surface area contributed by atoms with Crippen LogP contribution in [0.25, 0.3) is 11.3 Å². The SMILES string of the molecule is COc1ccccc1-c1cc(C(=O)N2CCCCC2C(=O)N2CCCCC2)no1. The van der Waals surface area contributed by atoms with E-state index in [1.807, 2.05) is 29.2 Å². The van der Waals surface area contributed by atoms with Crippen LogP contribution in [0.15, 0.2) is 34.9 Å². The van der Waals surface area contributed by atoms with E-state index >= 15 is 0 Å². The van der Waals surface area contributed by atoms with Crippen LogP contribution in [0.5, 0.6) is 5.75 Å². The summed E-state index contributed by atoms with van der Waals surface area (Å²) in [7, 11) is 1.59. The predicted molar refractivity (Wildman–Crippen MR) is 108 cm³/mol. The van der Waals surface area contributed by atoms with E-state index in [1.165, 1.54) is 6.42 Å². The van der Waals surface area contributed by atoms with Crippen LogP contribution in [0.2, 0.25) is 0 Å². The fourth-order valence-electron chi connectivity index (χ4n) is 4.25. The molecule has 0 spiro atoms. The number of nitrogens with zero attached hydrogens (tertiary/aromatic N) is 3. The Bertz CT molecular complexity index is 872. The minimum absolute atomic E-state index is 0.0752. The summed E-state index contributed by atoms with van der Waals surface area (Å²) in [5, 5.41) is 4.00. The molecule has 0 aliphatic carbocycles. The van der Waals surface area contributed by atoms with Crippen LogP contribution in [0, 0.1) is 0 Å². The number of ether oxygens (including phenoxy) is 1. The zero-order chi connectivity index (χ0) is 20.2. The maximum Gasteiger partial charge on any atom is 0.276 e. The average Bonchev–Trinajstić information content (AvgIpc) is 3.29. The van der Waals surface area contributed by atoms with Gasteiger partial charge in [0.15, 0.2) is 11.5 Å². The minimum atomic E-state index is -0.402. The summed E-state index contributed by atoms with van der Waals surface area (Å²) in [5.41, 5.74) is 0.963. The van der Waals surface area contributed by atoms with E-state index in [4.69, 9.17) is 9.26 Å². The molecule has 0 radical (unpaired) electrons. The number of carbonyl (C=O) groups is 2. The smallest absolute Gasteiger partial charge is 0.276 e. The molecule has 2 saturated heterocycles. The highest BCUT2D eigenvalue weighted by Gasteiger charge is 2.36. The normalized spacial score (nSPS) is 19.8. The van der Waals surface area contributed by atoms with Crippen LogP contribution >= 0.6 is 0 Å². The molecule has 1 aromatic carbocycles. The van der Waals surface area contributed by atoms with E-state index in [-0.39, 0.29) is 17.5 Å². The van der Waals surface area contributed by atoms with Crippen molar-refractivity contribution in [1.82, 2.24) is 15.0 Å². The second-order valence-corrected chi connectivity index (χ2v) is 7.67. The molecule has 154 valence electrons. The molecular weight excluding hydrogens is 370 g/mol. The predicted octanol–water partition coefficient (Wildman–Crippen LogP) is 3.36. The largest absolute Gasteiger partial charge is 0.496 e. The van der Waals surface area contributed by atoms with Gasteiger partial charge in [0.1, 0.15) is 11.8 Å². The Kier molecular flexibility index (Phi) is 5.83. The fourth-order valence-corrected chi connectivity index (χ4v) is 4.25. The highest BCUT2D eigenvalue weighted by molar-refractivity contribution is 5.97. The zero-order valence-corrected chi connectivity index (χ0v) is 16.8. The van der Waals surface area contributed by atoms with Crippen LogP contribution < -0.4 is 4.74 Å². The van der Waals surface area contributed by atoms with Crippen molar-refractivity contribution >= 4 is 11.8 Å². The molecule has 1 atom stereocenters. The van der Waals surface area contributed by atoms with Crippen LogP contribution in [0.3, 0.4) is 0 Å². The van der Waals surface area contributed by atoms with E-state index in [2.05, 4.69) is 5.16 Å². The Morgan fingerprint density at radius 2 is 1.83 bits per heavy atom. The molecule has 2 amide bonds. The van der Waals surface area contributed by atoms with Crippen LogP contribution in [0.1, 0.15) is 49.0 Å². The maximum absolute atomic E-state index is 13.2. The lowest BCUT2D eigenvalue weighted by atomic mass is 9.99. The Balaban J connectivity index is 1.54. The Hall–Kier alpha value is -2.83.